The molecule has 40 heavy (non-hydrogen) atoms. The number of aromatic amines is 1. The van der Waals surface area contributed by atoms with E-state index >= 15 is 0 Å². The molecule has 3 aromatic rings. The van der Waals surface area contributed by atoms with E-state index in [-0.39, 0.29) is 22.5 Å². The second-order valence-electron chi connectivity index (χ2n) is 9.45. The number of halogens is 8. The summed E-state index contributed by atoms with van der Waals surface area (Å²) in [6, 6.07) is 4.89. The van der Waals surface area contributed by atoms with Crippen LogP contribution in [0.2, 0.25) is 0 Å². The normalized spacial score (nSPS) is 23.6. The van der Waals surface area contributed by atoms with Crippen LogP contribution < -0.4 is 20.5 Å². The summed E-state index contributed by atoms with van der Waals surface area (Å²) in [5.41, 5.74) is -5.02. The van der Waals surface area contributed by atoms with Crippen LogP contribution in [0.25, 0.3) is 10.9 Å². The first-order valence-electron chi connectivity index (χ1n) is 11.7. The van der Waals surface area contributed by atoms with Gasteiger partial charge in [0.15, 0.2) is 11.0 Å². The van der Waals surface area contributed by atoms with Crippen molar-refractivity contribution in [3.05, 3.63) is 68.4 Å². The Morgan fingerprint density at radius 1 is 1.10 bits per heavy atom. The van der Waals surface area contributed by atoms with Crippen LogP contribution in [0.1, 0.15) is 37.1 Å². The number of alkyl halides is 8. The van der Waals surface area contributed by atoms with Gasteiger partial charge in [0, 0.05) is 41.4 Å². The first kappa shape index (κ1) is 29.4. The van der Waals surface area contributed by atoms with E-state index in [1.165, 1.54) is 6.92 Å². The number of pyridine rings is 2. The van der Waals surface area contributed by atoms with Crippen molar-refractivity contribution in [2.45, 2.75) is 57.0 Å². The van der Waals surface area contributed by atoms with Gasteiger partial charge < -0.3 is 23.8 Å². The molecule has 2 aromatic heterocycles. The van der Waals surface area contributed by atoms with E-state index in [1.807, 2.05) is 0 Å². The summed E-state index contributed by atoms with van der Waals surface area (Å²) in [6.45, 7) is 1.07. The van der Waals surface area contributed by atoms with Crippen molar-refractivity contribution in [3.63, 3.8) is 0 Å². The summed E-state index contributed by atoms with van der Waals surface area (Å²) < 4.78 is 122. The van der Waals surface area contributed by atoms with Crippen molar-refractivity contribution in [2.75, 3.05) is 7.11 Å². The molecule has 4 atom stereocenters. The summed E-state index contributed by atoms with van der Waals surface area (Å²) in [5.74, 6) is -3.49. The maximum atomic E-state index is 14.3. The Balaban J connectivity index is 1.89. The molecule has 0 aliphatic carbocycles. The van der Waals surface area contributed by atoms with Crippen LogP contribution in [0.5, 0.6) is 11.5 Å². The number of hydrogen-bond donors (Lipinski definition) is 1. The van der Waals surface area contributed by atoms with Gasteiger partial charge in [0.2, 0.25) is 0 Å². The maximum Gasteiger partial charge on any atom is 0.573 e. The van der Waals surface area contributed by atoms with E-state index in [9.17, 15) is 44.7 Å². The largest absolute Gasteiger partial charge is 0.573 e. The average Bonchev–Trinajstić information content (AvgIpc) is 3.11. The molecular weight excluding hydrogens is 560 g/mol. The van der Waals surface area contributed by atoms with Gasteiger partial charge >= 0.3 is 12.5 Å². The molecule has 4 rings (SSSR count). The van der Waals surface area contributed by atoms with Gasteiger partial charge in [-0.15, -0.1) is 13.2 Å². The van der Waals surface area contributed by atoms with E-state index < -0.39 is 71.2 Å². The highest BCUT2D eigenvalue weighted by molar-refractivity contribution is 5.77. The Morgan fingerprint density at radius 3 is 2.35 bits per heavy atom. The fraction of sp³-hybridized carbons (Fsp3) is 0.440. The predicted molar refractivity (Wildman–Crippen MR) is 125 cm³/mol. The standard InChI is InChI=1S/C25H22F8N2O5/c1-11-19(13-5-4-12(8-17(13)38-3)39-25(31,32)33)21(40-23(11,2)24(28,29)30)15-9-16(36)20-14(34-15)6-7-35(22(20)37)10-18(26)27/h4-9,11,18-19,21H,10H2,1-3H3,(H,34,36)/t11-,19-,21-,23+/m0/s1. The molecular formula is C25H22F8N2O5. The molecule has 7 nitrogen and oxygen atoms in total. The Bertz CT molecular complexity index is 1530. The van der Waals surface area contributed by atoms with Crippen LogP contribution in [0.3, 0.4) is 0 Å². The first-order chi connectivity index (χ1) is 18.5. The molecule has 1 saturated heterocycles. The molecule has 15 heteroatoms. The number of hydrogen-bond acceptors (Lipinski definition) is 5. The topological polar surface area (TPSA) is 82.5 Å². The first-order valence-corrected chi connectivity index (χ1v) is 11.7. The lowest BCUT2D eigenvalue weighted by Crippen LogP contribution is -2.46. The summed E-state index contributed by atoms with van der Waals surface area (Å²) in [6.07, 6.45) is -13.3. The molecule has 0 spiro atoms. The van der Waals surface area contributed by atoms with Gasteiger partial charge in [0.05, 0.1) is 19.2 Å². The number of ether oxygens (including phenoxy) is 3. The Labute approximate surface area is 220 Å². The van der Waals surface area contributed by atoms with Crippen LogP contribution in [0.15, 0.2) is 46.1 Å². The zero-order chi connectivity index (χ0) is 29.8. The Hall–Kier alpha value is -3.62. The highest BCUT2D eigenvalue weighted by atomic mass is 19.4. The van der Waals surface area contributed by atoms with Crippen LogP contribution in [-0.2, 0) is 11.3 Å². The predicted octanol–water partition coefficient (Wildman–Crippen LogP) is 5.67. The zero-order valence-corrected chi connectivity index (χ0v) is 21.0. The van der Waals surface area contributed by atoms with Crippen LogP contribution in [0.4, 0.5) is 35.1 Å². The second-order valence-corrected chi connectivity index (χ2v) is 9.45. The van der Waals surface area contributed by atoms with Gasteiger partial charge in [0.1, 0.15) is 23.0 Å². The lowest BCUT2D eigenvalue weighted by molar-refractivity contribution is -0.275. The summed E-state index contributed by atoms with van der Waals surface area (Å²) in [5, 5.41) is -0.487. The highest BCUT2D eigenvalue weighted by Crippen LogP contribution is 2.59. The molecule has 1 fully saturated rings. The number of nitrogens with zero attached hydrogens (tertiary/aromatic N) is 1. The molecule has 3 heterocycles. The molecule has 0 bridgehead atoms. The van der Waals surface area contributed by atoms with Crippen LogP contribution >= 0.6 is 0 Å². The molecule has 1 aliphatic rings. The minimum absolute atomic E-state index is 0.0378. The molecule has 0 radical (unpaired) electrons. The van der Waals surface area contributed by atoms with E-state index in [4.69, 9.17) is 9.47 Å². The van der Waals surface area contributed by atoms with Crippen molar-refractivity contribution in [1.29, 1.82) is 0 Å². The number of benzene rings is 1. The van der Waals surface area contributed by atoms with Gasteiger partial charge in [-0.2, -0.15) is 13.2 Å². The number of fused-ring (bicyclic) bond motifs is 1. The SMILES string of the molecule is COc1cc(OC(F)(F)F)ccc1[C@H]1[C@H](c2cc(=O)c3c(=O)n(CC(F)F)ccc3[nH]2)O[C@@](C)(C(F)(F)F)[C@H]1C. The summed E-state index contributed by atoms with van der Waals surface area (Å²) in [4.78, 5) is 28.3. The fourth-order valence-corrected chi connectivity index (χ4v) is 4.99. The fourth-order valence-electron chi connectivity index (χ4n) is 4.99. The minimum Gasteiger partial charge on any atom is -0.496 e. The minimum atomic E-state index is -5.04. The van der Waals surface area contributed by atoms with Crippen LogP contribution in [-0.4, -0.2) is 41.2 Å². The molecule has 0 saturated carbocycles. The quantitative estimate of drug-likeness (QED) is 0.379. The lowest BCUT2D eigenvalue weighted by atomic mass is 9.76. The molecule has 0 unspecified atom stereocenters. The van der Waals surface area contributed by atoms with Gasteiger partial charge in [-0.05, 0) is 19.1 Å². The zero-order valence-electron chi connectivity index (χ0n) is 21.0. The van der Waals surface area contributed by atoms with Crippen molar-refractivity contribution < 1.29 is 49.3 Å². The Morgan fingerprint density at radius 2 is 1.77 bits per heavy atom. The van der Waals surface area contributed by atoms with Crippen molar-refractivity contribution in [2.24, 2.45) is 5.92 Å². The third kappa shape index (κ3) is 5.25. The highest BCUT2D eigenvalue weighted by Gasteiger charge is 2.65. The third-order valence-electron chi connectivity index (χ3n) is 7.08. The van der Waals surface area contributed by atoms with E-state index in [1.54, 1.807) is 0 Å². The summed E-state index contributed by atoms with van der Waals surface area (Å²) in [7, 11) is 1.11. The smallest absolute Gasteiger partial charge is 0.496 e. The maximum absolute atomic E-state index is 14.3. The molecule has 218 valence electrons. The van der Waals surface area contributed by atoms with Gasteiger partial charge in [-0.1, -0.05) is 13.0 Å². The number of methoxy groups -OCH3 is 1. The van der Waals surface area contributed by atoms with Crippen molar-refractivity contribution in [1.82, 2.24) is 9.55 Å². The Kier molecular flexibility index (Phi) is 7.41. The van der Waals surface area contributed by atoms with E-state index in [0.717, 1.165) is 50.6 Å². The average molecular weight is 582 g/mol. The second kappa shape index (κ2) is 10.1. The van der Waals surface area contributed by atoms with Crippen molar-refractivity contribution >= 4 is 10.9 Å². The van der Waals surface area contributed by atoms with Gasteiger partial charge in [-0.25, -0.2) is 8.78 Å². The monoisotopic (exact) mass is 582 g/mol. The third-order valence-corrected chi connectivity index (χ3v) is 7.08. The molecule has 1 aliphatic heterocycles. The van der Waals surface area contributed by atoms with Crippen molar-refractivity contribution in [3.8, 4) is 11.5 Å². The van der Waals surface area contributed by atoms with E-state index in [0.29, 0.717) is 4.57 Å². The van der Waals surface area contributed by atoms with E-state index in [2.05, 4.69) is 9.72 Å². The van der Waals surface area contributed by atoms with Gasteiger partial charge in [-0.3, -0.25) is 9.59 Å². The molecule has 0 amide bonds. The summed E-state index contributed by atoms with van der Waals surface area (Å²) >= 11 is 0. The molecule has 1 N–H and O–H groups in total. The number of aromatic nitrogens is 2. The lowest BCUT2D eigenvalue weighted by Gasteiger charge is -2.32. The van der Waals surface area contributed by atoms with Gasteiger partial charge in [0.25, 0.3) is 12.0 Å². The number of rotatable bonds is 6. The number of H-pyrrole nitrogens is 1. The number of nitrogens with one attached hydrogen (secondary N) is 1. The molecule has 1 aromatic carbocycles. The van der Waals surface area contributed by atoms with Crippen LogP contribution in [0, 0.1) is 5.92 Å².